The Kier molecular flexibility index (Phi) is 2.15. The molecule has 0 aromatic heterocycles. The van der Waals surface area contributed by atoms with Crippen LogP contribution in [0.25, 0.3) is 0 Å². The van der Waals surface area contributed by atoms with Crippen LogP contribution in [0, 0.1) is 0 Å². The zero-order valence-electron chi connectivity index (χ0n) is 2.55. The van der Waals surface area contributed by atoms with Gasteiger partial charge in [-0.05, 0) is 0 Å². The summed E-state index contributed by atoms with van der Waals surface area (Å²) in [6, 6.07) is 0. The van der Waals surface area contributed by atoms with Crippen LogP contribution in [0.3, 0.4) is 0 Å². The Hall–Kier alpha value is -0.0705. The number of allylic oxidation sites excluding steroid dienone is 1. The molecule has 0 fully saturated rings. The molecule has 2 heteroatoms. The van der Waals surface area contributed by atoms with Crippen molar-refractivity contribution < 1.29 is 20.8 Å². The summed E-state index contributed by atoms with van der Waals surface area (Å²) >= 11 is 3.00. The van der Waals surface area contributed by atoms with Crippen molar-refractivity contribution in [1.29, 1.82) is 0 Å². The van der Waals surface area contributed by atoms with Gasteiger partial charge in [-0.2, -0.15) is 0 Å². The van der Waals surface area contributed by atoms with Crippen molar-refractivity contribution in [2.75, 3.05) is 0 Å². The van der Waals surface area contributed by atoms with E-state index in [1.807, 2.05) is 0 Å². The monoisotopic (exact) mass is 111 g/mol. The first-order valence-corrected chi connectivity index (χ1v) is 1.63. The van der Waals surface area contributed by atoms with E-state index in [-0.39, 0.29) is 4.68 Å². The number of carbonyl (C=O) groups excluding carboxylic acids is 1. The zero-order chi connectivity index (χ0) is 4.28. The van der Waals surface area contributed by atoms with Crippen LogP contribution < -0.4 is 0 Å². The zero-order valence-corrected chi connectivity index (χ0v) is 3.65. The fourth-order valence-electron chi connectivity index (χ4n) is 0. The van der Waals surface area contributed by atoms with Gasteiger partial charge in [0, 0.05) is 0 Å². The van der Waals surface area contributed by atoms with Gasteiger partial charge in [0.25, 0.3) is 0 Å². The first-order valence-electron chi connectivity index (χ1n) is 1.08. The van der Waals surface area contributed by atoms with Gasteiger partial charge >= 0.3 is 38.1 Å². The molecule has 5 heavy (non-hydrogen) atoms. The van der Waals surface area contributed by atoms with Gasteiger partial charge in [-0.3, -0.25) is 0 Å². The first-order chi connectivity index (χ1) is 2.27. The van der Waals surface area contributed by atoms with Crippen molar-refractivity contribution in [3.05, 3.63) is 12.7 Å². The van der Waals surface area contributed by atoms with Gasteiger partial charge in [0.1, 0.15) is 0 Å². The molecule has 1 nitrogen and oxygen atoms in total. The van der Waals surface area contributed by atoms with E-state index >= 15 is 0 Å². The summed E-state index contributed by atoms with van der Waals surface area (Å²) in [5, 5.41) is 0. The second-order valence-corrected chi connectivity index (χ2v) is 1.04. The van der Waals surface area contributed by atoms with Crippen LogP contribution >= 0.6 is 0 Å². The molecule has 0 spiro atoms. The van der Waals surface area contributed by atoms with Gasteiger partial charge in [0.15, 0.2) is 0 Å². The predicted octanol–water partition coefficient (Wildman–Crippen LogP) is 0.246. The molecule has 0 aliphatic rings. The molecule has 0 amide bonds. The Morgan fingerprint density at radius 2 is 2.20 bits per heavy atom. The van der Waals surface area contributed by atoms with Gasteiger partial charge in [-0.15, -0.1) is 0 Å². The SMILES string of the molecule is C=C[C](=O)[Fe]. The number of hydrogen-bond donors (Lipinski definition) is 0. The molecule has 0 heterocycles. The summed E-state index contributed by atoms with van der Waals surface area (Å²) in [7, 11) is 0. The molecule has 0 atom stereocenters. The predicted molar refractivity (Wildman–Crippen MR) is 15.2 cm³/mol. The number of hydrogen-bond acceptors (Lipinski definition) is 1. The minimum atomic E-state index is -0.231. The molecule has 29 valence electrons. The summed E-state index contributed by atoms with van der Waals surface area (Å²) in [6.45, 7) is 3.15. The molecular formula is C3H3FeO. The van der Waals surface area contributed by atoms with Crippen LogP contribution in [-0.2, 0) is 20.8 Å². The van der Waals surface area contributed by atoms with Gasteiger partial charge < -0.3 is 0 Å². The van der Waals surface area contributed by atoms with Crippen LogP contribution in [0.5, 0.6) is 0 Å². The van der Waals surface area contributed by atoms with Crippen molar-refractivity contribution in [2.45, 2.75) is 0 Å². The molecule has 0 saturated heterocycles. The molecular weight excluding hydrogens is 108 g/mol. The summed E-state index contributed by atoms with van der Waals surface area (Å²) in [4.78, 5) is 9.58. The number of rotatable bonds is 1. The van der Waals surface area contributed by atoms with Gasteiger partial charge in [0.2, 0.25) is 0 Å². The van der Waals surface area contributed by atoms with E-state index in [9.17, 15) is 4.79 Å². The Morgan fingerprint density at radius 1 is 2.00 bits per heavy atom. The van der Waals surface area contributed by atoms with E-state index in [0.29, 0.717) is 0 Å². The van der Waals surface area contributed by atoms with Gasteiger partial charge in [-0.25, -0.2) is 0 Å². The van der Waals surface area contributed by atoms with E-state index in [0.717, 1.165) is 0 Å². The van der Waals surface area contributed by atoms with Crippen LogP contribution in [0.4, 0.5) is 0 Å². The standard InChI is InChI=1S/C3H3O.Fe/c1-2-3-4;/h2H,1H2;. The average Bonchev–Trinajstić information content (AvgIpc) is 1.38. The minimum absolute atomic E-state index is 0.231. The molecule has 0 bridgehead atoms. The van der Waals surface area contributed by atoms with Crippen molar-refractivity contribution in [3.63, 3.8) is 0 Å². The molecule has 0 rings (SSSR count). The second-order valence-electron chi connectivity index (χ2n) is 0.496. The fraction of sp³-hybridized carbons (Fsp3) is 0. The maximum absolute atomic E-state index is 9.58. The van der Waals surface area contributed by atoms with E-state index in [4.69, 9.17) is 0 Å². The van der Waals surface area contributed by atoms with Crippen LogP contribution in [0.2, 0.25) is 0 Å². The van der Waals surface area contributed by atoms with Crippen LogP contribution in [-0.4, -0.2) is 4.68 Å². The van der Waals surface area contributed by atoms with E-state index in [1.165, 1.54) is 6.08 Å². The van der Waals surface area contributed by atoms with Gasteiger partial charge in [0.05, 0.1) is 0 Å². The van der Waals surface area contributed by atoms with E-state index in [2.05, 4.69) is 22.6 Å². The first kappa shape index (κ1) is 4.93. The Morgan fingerprint density at radius 3 is 2.20 bits per heavy atom. The van der Waals surface area contributed by atoms with Gasteiger partial charge in [-0.1, -0.05) is 0 Å². The maximum atomic E-state index is 9.58. The topological polar surface area (TPSA) is 17.1 Å². The van der Waals surface area contributed by atoms with Crippen LogP contribution in [0.1, 0.15) is 0 Å². The summed E-state index contributed by atoms with van der Waals surface area (Å²) in [6.07, 6.45) is 1.17. The molecule has 0 aromatic rings. The third-order valence-corrected chi connectivity index (χ3v) is 0.381. The van der Waals surface area contributed by atoms with Crippen molar-refractivity contribution in [1.82, 2.24) is 0 Å². The normalized spacial score (nSPS) is 6.60. The molecule has 0 saturated carbocycles. The van der Waals surface area contributed by atoms with E-state index < -0.39 is 0 Å². The van der Waals surface area contributed by atoms with Crippen molar-refractivity contribution in [3.8, 4) is 0 Å². The molecule has 0 radical (unpaired) electrons. The summed E-state index contributed by atoms with van der Waals surface area (Å²) in [5.74, 6) is 0. The molecule has 0 aliphatic carbocycles. The molecule has 0 aromatic carbocycles. The third kappa shape index (κ3) is 3.93. The quantitative estimate of drug-likeness (QED) is 0.350. The molecule has 0 unspecified atom stereocenters. The van der Waals surface area contributed by atoms with E-state index in [1.54, 1.807) is 0 Å². The van der Waals surface area contributed by atoms with Crippen LogP contribution in [0.15, 0.2) is 12.7 Å². The fourth-order valence-corrected chi connectivity index (χ4v) is 0. The Balaban J connectivity index is 3.20. The molecule has 0 N–H and O–H groups in total. The Bertz CT molecular complexity index is 57.9. The number of carbonyl (C=O) groups is 1. The summed E-state index contributed by atoms with van der Waals surface area (Å²) in [5.41, 5.74) is 0. The Labute approximate surface area is 38.9 Å². The molecule has 0 aliphatic heterocycles. The van der Waals surface area contributed by atoms with Crippen molar-refractivity contribution in [2.24, 2.45) is 0 Å². The average molecular weight is 111 g/mol. The third-order valence-electron chi connectivity index (χ3n) is 0.156. The summed E-state index contributed by atoms with van der Waals surface area (Å²) < 4.78 is -0.231. The van der Waals surface area contributed by atoms with Crippen molar-refractivity contribution >= 4 is 4.68 Å². The second kappa shape index (κ2) is 2.18.